The molecule has 80 valence electrons. The van der Waals surface area contributed by atoms with Gasteiger partial charge in [0.15, 0.2) is 0 Å². The molecule has 0 saturated heterocycles. The van der Waals surface area contributed by atoms with Crippen molar-refractivity contribution in [3.05, 3.63) is 29.8 Å². The Bertz CT molecular complexity index is 387. The van der Waals surface area contributed by atoms with Crippen molar-refractivity contribution in [2.45, 2.75) is 26.4 Å². The molecule has 0 N–H and O–H groups in total. The summed E-state index contributed by atoms with van der Waals surface area (Å²) in [5.41, 5.74) is 2.24. The molecule has 0 atom stereocenters. The molecule has 0 radical (unpaired) electrons. The van der Waals surface area contributed by atoms with Crippen molar-refractivity contribution < 1.29 is 4.79 Å². The minimum atomic E-state index is 0.0868. The first-order valence-corrected chi connectivity index (χ1v) is 5.23. The van der Waals surface area contributed by atoms with Crippen LogP contribution in [0.4, 0.5) is 10.5 Å². The highest BCUT2D eigenvalue weighted by atomic mass is 16.2. The van der Waals surface area contributed by atoms with Gasteiger partial charge in [0.25, 0.3) is 0 Å². The monoisotopic (exact) mass is 204 g/mol. The number of rotatable bonds is 1. The number of benzene rings is 1. The zero-order valence-corrected chi connectivity index (χ0v) is 9.40. The third kappa shape index (κ3) is 1.58. The molecule has 1 aromatic carbocycles. The topological polar surface area (TPSA) is 23.6 Å². The van der Waals surface area contributed by atoms with Crippen LogP contribution in [0.25, 0.3) is 0 Å². The molecule has 3 nitrogen and oxygen atoms in total. The van der Waals surface area contributed by atoms with Gasteiger partial charge in [0.05, 0.1) is 5.69 Å². The Kier molecular flexibility index (Phi) is 2.39. The Hall–Kier alpha value is -1.51. The number of fused-ring (bicyclic) bond motifs is 1. The van der Waals surface area contributed by atoms with E-state index in [-0.39, 0.29) is 12.1 Å². The fourth-order valence-corrected chi connectivity index (χ4v) is 1.92. The van der Waals surface area contributed by atoms with E-state index >= 15 is 0 Å². The largest absolute Gasteiger partial charge is 0.324 e. The summed E-state index contributed by atoms with van der Waals surface area (Å²) < 4.78 is 0. The zero-order chi connectivity index (χ0) is 11.0. The molecular weight excluding hydrogens is 188 g/mol. The number of anilines is 1. The van der Waals surface area contributed by atoms with Gasteiger partial charge in [-0.25, -0.2) is 4.79 Å². The number of carbonyl (C=O) groups is 1. The Balaban J connectivity index is 2.41. The second-order valence-electron chi connectivity index (χ2n) is 4.19. The van der Waals surface area contributed by atoms with Crippen molar-refractivity contribution in [2.24, 2.45) is 0 Å². The van der Waals surface area contributed by atoms with Gasteiger partial charge in [0.1, 0.15) is 0 Å². The maximum atomic E-state index is 12.0. The lowest BCUT2D eigenvalue weighted by molar-refractivity contribution is 0.184. The van der Waals surface area contributed by atoms with E-state index in [0.717, 1.165) is 12.2 Å². The molecule has 1 heterocycles. The van der Waals surface area contributed by atoms with Crippen LogP contribution in [0.1, 0.15) is 19.4 Å². The summed E-state index contributed by atoms with van der Waals surface area (Å²) in [6.45, 7) is 4.80. The molecule has 0 aromatic heterocycles. The number of nitrogens with zero attached hydrogens (tertiary/aromatic N) is 2. The summed E-state index contributed by atoms with van der Waals surface area (Å²) in [5, 5.41) is 0. The molecule has 15 heavy (non-hydrogen) atoms. The Morgan fingerprint density at radius 3 is 2.60 bits per heavy atom. The van der Waals surface area contributed by atoms with Crippen molar-refractivity contribution in [3.8, 4) is 0 Å². The molecule has 0 spiro atoms. The SMILES string of the molecule is CC(C)N1Cc2ccccc2N(C)C1=O. The standard InChI is InChI=1S/C12H16N2O/c1-9(2)14-8-10-6-4-5-7-11(10)13(3)12(14)15/h4-7,9H,8H2,1-3H3. The molecule has 1 aliphatic heterocycles. The van der Waals surface area contributed by atoms with Crippen LogP contribution in [0.3, 0.4) is 0 Å². The zero-order valence-electron chi connectivity index (χ0n) is 9.40. The van der Waals surface area contributed by atoms with Crippen molar-refractivity contribution in [3.63, 3.8) is 0 Å². The van der Waals surface area contributed by atoms with E-state index in [1.165, 1.54) is 5.56 Å². The number of hydrogen-bond acceptors (Lipinski definition) is 1. The fraction of sp³-hybridized carbons (Fsp3) is 0.417. The van der Waals surface area contributed by atoms with Crippen LogP contribution in [0.15, 0.2) is 24.3 Å². The summed E-state index contributed by atoms with van der Waals surface area (Å²) in [6.07, 6.45) is 0. The first-order chi connectivity index (χ1) is 7.11. The van der Waals surface area contributed by atoms with Crippen molar-refractivity contribution >= 4 is 11.7 Å². The Morgan fingerprint density at radius 2 is 1.93 bits per heavy atom. The molecule has 2 amide bonds. The lowest BCUT2D eigenvalue weighted by Crippen LogP contribution is -2.48. The molecule has 0 saturated carbocycles. The Morgan fingerprint density at radius 1 is 1.27 bits per heavy atom. The Labute approximate surface area is 90.3 Å². The third-order valence-electron chi connectivity index (χ3n) is 2.85. The molecule has 0 bridgehead atoms. The van der Waals surface area contributed by atoms with E-state index in [4.69, 9.17) is 0 Å². The number of urea groups is 1. The van der Waals surface area contributed by atoms with Crippen LogP contribution < -0.4 is 4.90 Å². The highest BCUT2D eigenvalue weighted by Gasteiger charge is 2.28. The van der Waals surface area contributed by atoms with E-state index in [1.54, 1.807) is 4.90 Å². The van der Waals surface area contributed by atoms with Gasteiger partial charge in [-0.3, -0.25) is 4.90 Å². The molecule has 1 aliphatic rings. The maximum Gasteiger partial charge on any atom is 0.324 e. The summed E-state index contributed by atoms with van der Waals surface area (Å²) in [4.78, 5) is 15.6. The number of amides is 2. The normalized spacial score (nSPS) is 15.9. The minimum absolute atomic E-state index is 0.0868. The molecular formula is C12H16N2O. The van der Waals surface area contributed by atoms with Crippen molar-refractivity contribution in [1.29, 1.82) is 0 Å². The first-order valence-electron chi connectivity index (χ1n) is 5.23. The smallest absolute Gasteiger partial charge is 0.318 e. The van der Waals surface area contributed by atoms with Gasteiger partial charge in [-0.05, 0) is 25.5 Å². The quantitative estimate of drug-likeness (QED) is 0.689. The molecule has 0 aliphatic carbocycles. The van der Waals surface area contributed by atoms with Gasteiger partial charge < -0.3 is 4.90 Å². The van der Waals surface area contributed by atoms with E-state index in [9.17, 15) is 4.79 Å². The summed E-state index contributed by atoms with van der Waals surface area (Å²) in [6, 6.07) is 8.38. The maximum absolute atomic E-state index is 12.0. The van der Waals surface area contributed by atoms with Crippen LogP contribution in [-0.4, -0.2) is 24.0 Å². The van der Waals surface area contributed by atoms with Gasteiger partial charge >= 0.3 is 6.03 Å². The predicted octanol–water partition coefficient (Wildman–Crippen LogP) is 2.47. The third-order valence-corrected chi connectivity index (χ3v) is 2.85. The summed E-state index contributed by atoms with van der Waals surface area (Å²) in [5.74, 6) is 0. The number of hydrogen-bond donors (Lipinski definition) is 0. The van der Waals surface area contributed by atoms with Gasteiger partial charge in [0.2, 0.25) is 0 Å². The minimum Gasteiger partial charge on any atom is -0.318 e. The van der Waals surface area contributed by atoms with E-state index in [2.05, 4.69) is 6.07 Å². The molecule has 3 heteroatoms. The number of para-hydroxylation sites is 1. The lowest BCUT2D eigenvalue weighted by atomic mass is 10.1. The highest BCUT2D eigenvalue weighted by Crippen LogP contribution is 2.27. The highest BCUT2D eigenvalue weighted by molar-refractivity contribution is 5.94. The second-order valence-corrected chi connectivity index (χ2v) is 4.19. The first kappa shape index (κ1) is 10.0. The van der Waals surface area contributed by atoms with Crippen LogP contribution >= 0.6 is 0 Å². The lowest BCUT2D eigenvalue weighted by Gasteiger charge is -2.37. The van der Waals surface area contributed by atoms with Crippen molar-refractivity contribution in [2.75, 3.05) is 11.9 Å². The van der Waals surface area contributed by atoms with E-state index in [0.29, 0.717) is 0 Å². The second kappa shape index (κ2) is 3.57. The van der Waals surface area contributed by atoms with Gasteiger partial charge in [-0.1, -0.05) is 18.2 Å². The molecule has 1 aromatic rings. The van der Waals surface area contributed by atoms with Gasteiger partial charge in [-0.15, -0.1) is 0 Å². The average Bonchev–Trinajstić information content (AvgIpc) is 2.23. The van der Waals surface area contributed by atoms with E-state index in [1.807, 2.05) is 44.0 Å². The fourth-order valence-electron chi connectivity index (χ4n) is 1.92. The van der Waals surface area contributed by atoms with Crippen LogP contribution in [-0.2, 0) is 6.54 Å². The average molecular weight is 204 g/mol. The molecule has 0 unspecified atom stereocenters. The molecule has 0 fully saturated rings. The van der Waals surface area contributed by atoms with E-state index < -0.39 is 0 Å². The predicted molar refractivity (Wildman–Crippen MR) is 60.9 cm³/mol. The number of carbonyl (C=O) groups excluding carboxylic acids is 1. The summed E-state index contributed by atoms with van der Waals surface area (Å²) >= 11 is 0. The van der Waals surface area contributed by atoms with Crippen LogP contribution in [0.5, 0.6) is 0 Å². The van der Waals surface area contributed by atoms with Gasteiger partial charge in [0, 0.05) is 19.6 Å². The van der Waals surface area contributed by atoms with Gasteiger partial charge in [-0.2, -0.15) is 0 Å². The van der Waals surface area contributed by atoms with Crippen molar-refractivity contribution in [1.82, 2.24) is 4.90 Å². The molecule has 2 rings (SSSR count). The van der Waals surface area contributed by atoms with Crippen LogP contribution in [0, 0.1) is 0 Å². The van der Waals surface area contributed by atoms with Crippen LogP contribution in [0.2, 0.25) is 0 Å². The summed E-state index contributed by atoms with van der Waals surface area (Å²) in [7, 11) is 1.83.